The van der Waals surface area contributed by atoms with E-state index in [0.717, 1.165) is 21.6 Å². The van der Waals surface area contributed by atoms with Crippen LogP contribution in [0.15, 0.2) is 94.4 Å². The number of hydrogen-bond acceptors (Lipinski definition) is 6. The Kier molecular flexibility index (Phi) is 6.79. The van der Waals surface area contributed by atoms with E-state index in [-0.39, 0.29) is 16.7 Å². The summed E-state index contributed by atoms with van der Waals surface area (Å²) in [4.78, 5) is 40.9. The highest BCUT2D eigenvalue weighted by Crippen LogP contribution is 2.37. The second-order valence-corrected chi connectivity index (χ2v) is 8.78. The van der Waals surface area contributed by atoms with Gasteiger partial charge < -0.3 is 10.1 Å². The van der Waals surface area contributed by atoms with E-state index in [0.29, 0.717) is 16.9 Å². The van der Waals surface area contributed by atoms with Crippen LogP contribution < -0.4 is 10.2 Å². The lowest BCUT2D eigenvalue weighted by Gasteiger charge is -2.16. The number of thioether (sulfide) groups is 1. The Bertz CT molecular complexity index is 1260. The maximum absolute atomic E-state index is 13.4. The average Bonchev–Trinajstić information content (AvgIpc) is 3.04. The van der Waals surface area contributed by atoms with Crippen molar-refractivity contribution in [1.82, 2.24) is 0 Å². The van der Waals surface area contributed by atoms with Crippen LogP contribution in [0.4, 0.5) is 15.8 Å². The lowest BCUT2D eigenvalue weighted by Crippen LogP contribution is -2.32. The number of nitrogens with zero attached hydrogens (tertiary/aromatic N) is 1. The molecule has 0 spiro atoms. The fourth-order valence-corrected chi connectivity index (χ4v) is 4.21. The monoisotopic (exact) mass is 476 g/mol. The first-order valence-electron chi connectivity index (χ1n) is 10.5. The lowest BCUT2D eigenvalue weighted by atomic mass is 10.2. The largest absolute Gasteiger partial charge is 0.459 e. The summed E-state index contributed by atoms with van der Waals surface area (Å²) >= 11 is 1.16. The molecule has 34 heavy (non-hydrogen) atoms. The third-order valence-electron chi connectivity index (χ3n) is 4.82. The topological polar surface area (TPSA) is 75.7 Å². The van der Waals surface area contributed by atoms with Crippen molar-refractivity contribution in [3.8, 4) is 0 Å². The Morgan fingerprint density at radius 3 is 2.18 bits per heavy atom. The molecule has 1 aliphatic rings. The Morgan fingerprint density at radius 2 is 1.56 bits per heavy atom. The van der Waals surface area contributed by atoms with Crippen LogP contribution in [0.1, 0.15) is 24.2 Å². The number of ether oxygens (including phenoxy) is 1. The number of hydrogen-bond donors (Lipinski definition) is 1. The summed E-state index contributed by atoms with van der Waals surface area (Å²) in [5, 5.41) is 2.98. The SMILES string of the molecule is CC(C)OC(=O)c1ccc(N2C(=O)C(Nc3ccc(F)cc3)=C(Sc3ccccc3)C2=O)cc1. The third kappa shape index (κ3) is 5.02. The lowest BCUT2D eigenvalue weighted by molar-refractivity contribution is -0.120. The van der Waals surface area contributed by atoms with Crippen molar-refractivity contribution in [2.24, 2.45) is 0 Å². The van der Waals surface area contributed by atoms with E-state index in [1.54, 1.807) is 13.8 Å². The van der Waals surface area contributed by atoms with E-state index in [1.807, 2.05) is 30.3 Å². The van der Waals surface area contributed by atoms with Crippen LogP contribution in [-0.2, 0) is 14.3 Å². The van der Waals surface area contributed by atoms with Gasteiger partial charge in [-0.1, -0.05) is 30.0 Å². The number of benzene rings is 3. The van der Waals surface area contributed by atoms with Gasteiger partial charge in [0.15, 0.2) is 0 Å². The molecule has 172 valence electrons. The van der Waals surface area contributed by atoms with Crippen LogP contribution >= 0.6 is 11.8 Å². The summed E-state index contributed by atoms with van der Waals surface area (Å²) in [6.45, 7) is 3.50. The Labute approximate surface area is 200 Å². The van der Waals surface area contributed by atoms with Crippen molar-refractivity contribution in [1.29, 1.82) is 0 Å². The molecule has 1 aliphatic heterocycles. The van der Waals surface area contributed by atoms with Gasteiger partial charge in [-0.3, -0.25) is 9.59 Å². The minimum atomic E-state index is -0.551. The van der Waals surface area contributed by atoms with E-state index in [1.165, 1.54) is 48.5 Å². The van der Waals surface area contributed by atoms with Crippen molar-refractivity contribution >= 4 is 40.9 Å². The highest BCUT2D eigenvalue weighted by Gasteiger charge is 2.40. The van der Waals surface area contributed by atoms with Gasteiger partial charge in [-0.05, 0) is 74.5 Å². The Balaban J connectivity index is 1.66. The molecule has 2 amide bonds. The van der Waals surface area contributed by atoms with E-state index < -0.39 is 23.6 Å². The Morgan fingerprint density at radius 1 is 0.912 bits per heavy atom. The zero-order valence-electron chi connectivity index (χ0n) is 18.4. The van der Waals surface area contributed by atoms with Crippen LogP contribution in [0.25, 0.3) is 0 Å². The van der Waals surface area contributed by atoms with E-state index in [2.05, 4.69) is 5.32 Å². The average molecular weight is 477 g/mol. The molecular weight excluding hydrogens is 455 g/mol. The molecule has 0 unspecified atom stereocenters. The first-order valence-corrected chi connectivity index (χ1v) is 11.3. The molecule has 0 radical (unpaired) electrons. The third-order valence-corrected chi connectivity index (χ3v) is 5.91. The minimum Gasteiger partial charge on any atom is -0.459 e. The molecule has 3 aromatic rings. The molecule has 3 aromatic carbocycles. The van der Waals surface area contributed by atoms with Crippen LogP contribution in [0.2, 0.25) is 0 Å². The van der Waals surface area contributed by atoms with Gasteiger partial charge in [-0.2, -0.15) is 0 Å². The van der Waals surface area contributed by atoms with Crippen LogP contribution in [0, 0.1) is 5.82 Å². The summed E-state index contributed by atoms with van der Waals surface area (Å²) < 4.78 is 18.5. The molecule has 1 N–H and O–H groups in total. The Hall–Kier alpha value is -3.91. The summed E-state index contributed by atoms with van der Waals surface area (Å²) in [6.07, 6.45) is -0.268. The minimum absolute atomic E-state index is 0.0914. The number of halogens is 1. The second kappa shape index (κ2) is 9.93. The van der Waals surface area contributed by atoms with Gasteiger partial charge in [0.1, 0.15) is 16.4 Å². The maximum Gasteiger partial charge on any atom is 0.338 e. The van der Waals surface area contributed by atoms with Gasteiger partial charge in [-0.15, -0.1) is 0 Å². The van der Waals surface area contributed by atoms with Crippen LogP contribution in [0.3, 0.4) is 0 Å². The first-order chi connectivity index (χ1) is 16.3. The predicted octanol–water partition coefficient (Wildman–Crippen LogP) is 5.38. The number of anilines is 2. The molecule has 0 aliphatic carbocycles. The van der Waals surface area contributed by atoms with Crippen LogP contribution in [-0.4, -0.2) is 23.9 Å². The summed E-state index contributed by atoms with van der Waals surface area (Å²) in [7, 11) is 0. The zero-order chi connectivity index (χ0) is 24.2. The number of esters is 1. The van der Waals surface area contributed by atoms with Gasteiger partial charge in [0, 0.05) is 10.6 Å². The fraction of sp³-hybridized carbons (Fsp3) is 0.115. The zero-order valence-corrected chi connectivity index (χ0v) is 19.3. The fourth-order valence-electron chi connectivity index (χ4n) is 3.26. The number of rotatable bonds is 7. The molecule has 4 rings (SSSR count). The number of nitrogens with one attached hydrogen (secondary N) is 1. The molecule has 8 heteroatoms. The van der Waals surface area contributed by atoms with E-state index >= 15 is 0 Å². The van der Waals surface area contributed by atoms with Crippen molar-refractivity contribution < 1.29 is 23.5 Å². The quantitative estimate of drug-likeness (QED) is 0.365. The second-order valence-electron chi connectivity index (χ2n) is 7.70. The smallest absolute Gasteiger partial charge is 0.338 e. The standard InChI is InChI=1S/C26H21FN2O4S/c1-16(2)33-26(32)17-8-14-20(15-9-17)29-24(30)22(28-19-12-10-18(27)11-13-19)23(25(29)31)34-21-6-4-3-5-7-21/h3-16,28H,1-2H3. The van der Waals surface area contributed by atoms with Gasteiger partial charge in [0.2, 0.25) is 0 Å². The van der Waals surface area contributed by atoms with Crippen molar-refractivity contribution in [3.63, 3.8) is 0 Å². The molecule has 0 fully saturated rings. The van der Waals surface area contributed by atoms with Crippen molar-refractivity contribution in [2.45, 2.75) is 24.8 Å². The van der Waals surface area contributed by atoms with Gasteiger partial charge in [0.25, 0.3) is 11.8 Å². The predicted molar refractivity (Wildman–Crippen MR) is 129 cm³/mol. The summed E-state index contributed by atoms with van der Waals surface area (Å²) in [6, 6.07) is 20.8. The number of amides is 2. The molecule has 6 nitrogen and oxygen atoms in total. The van der Waals surface area contributed by atoms with E-state index in [4.69, 9.17) is 4.74 Å². The molecule has 0 saturated heterocycles. The molecule has 1 heterocycles. The molecule has 0 aromatic heterocycles. The summed E-state index contributed by atoms with van der Waals surface area (Å²) in [5.41, 5.74) is 1.19. The van der Waals surface area contributed by atoms with Gasteiger partial charge >= 0.3 is 5.97 Å². The first kappa shape index (κ1) is 23.3. The summed E-state index contributed by atoms with van der Waals surface area (Å²) in [5.74, 6) is -1.95. The van der Waals surface area contributed by atoms with Crippen molar-refractivity contribution in [3.05, 3.63) is 101 Å². The normalized spacial score (nSPS) is 13.6. The van der Waals surface area contributed by atoms with E-state index in [9.17, 15) is 18.8 Å². The highest BCUT2D eigenvalue weighted by atomic mass is 32.2. The molecule has 0 atom stereocenters. The van der Waals surface area contributed by atoms with Gasteiger partial charge in [0.05, 0.1) is 17.4 Å². The van der Waals surface area contributed by atoms with Crippen molar-refractivity contribution in [2.75, 3.05) is 10.2 Å². The highest BCUT2D eigenvalue weighted by molar-refractivity contribution is 8.04. The molecule has 0 bridgehead atoms. The number of carbonyl (C=O) groups excluding carboxylic acids is 3. The number of carbonyl (C=O) groups is 3. The number of imide groups is 1. The van der Waals surface area contributed by atoms with Gasteiger partial charge in [-0.25, -0.2) is 14.1 Å². The maximum atomic E-state index is 13.4. The molecular formula is C26H21FN2O4S. The van der Waals surface area contributed by atoms with Crippen LogP contribution in [0.5, 0.6) is 0 Å². The molecule has 0 saturated carbocycles.